The zero-order valence-electron chi connectivity index (χ0n) is 14.3. The topological polar surface area (TPSA) is 104 Å². The van der Waals surface area contributed by atoms with Crippen molar-refractivity contribution in [2.75, 3.05) is 5.32 Å². The highest BCUT2D eigenvalue weighted by Crippen LogP contribution is 2.20. The first-order valence-electron chi connectivity index (χ1n) is 8.22. The lowest BCUT2D eigenvalue weighted by atomic mass is 10.1. The standard InChI is InChI=1S/C20H15N3O4/c1-11-8-12-9-13(6-7-16(12)21-11)22-20(27)23-10-15(19(25)26)18(24)14-4-2-3-5-17(14)23/h2-10,21H,1H3,(H,22,27)(H,25,26). The van der Waals surface area contributed by atoms with E-state index >= 15 is 0 Å². The zero-order chi connectivity index (χ0) is 19.1. The smallest absolute Gasteiger partial charge is 0.341 e. The molecule has 0 fully saturated rings. The molecule has 3 N–H and O–H groups in total. The van der Waals surface area contributed by atoms with Gasteiger partial charge < -0.3 is 15.4 Å². The maximum Gasteiger partial charge on any atom is 0.341 e. The van der Waals surface area contributed by atoms with E-state index < -0.39 is 23.0 Å². The molecule has 2 aromatic heterocycles. The molecule has 2 aromatic carbocycles. The van der Waals surface area contributed by atoms with Gasteiger partial charge in [0, 0.05) is 33.9 Å². The number of nitrogens with zero attached hydrogens (tertiary/aromatic N) is 1. The van der Waals surface area contributed by atoms with Crippen LogP contribution in [0, 0.1) is 6.92 Å². The number of pyridine rings is 1. The van der Waals surface area contributed by atoms with Gasteiger partial charge in [0.05, 0.1) is 5.52 Å². The van der Waals surface area contributed by atoms with Gasteiger partial charge in [0.25, 0.3) is 0 Å². The van der Waals surface area contributed by atoms with Crippen LogP contribution >= 0.6 is 0 Å². The third-order valence-corrected chi connectivity index (χ3v) is 4.37. The monoisotopic (exact) mass is 361 g/mol. The van der Waals surface area contributed by atoms with Crippen LogP contribution in [0.1, 0.15) is 16.1 Å². The summed E-state index contributed by atoms with van der Waals surface area (Å²) < 4.78 is 1.15. The van der Waals surface area contributed by atoms with Gasteiger partial charge >= 0.3 is 12.0 Å². The number of hydrogen-bond acceptors (Lipinski definition) is 3. The van der Waals surface area contributed by atoms with Crippen LogP contribution in [0.2, 0.25) is 0 Å². The first-order valence-corrected chi connectivity index (χ1v) is 8.22. The molecule has 4 aromatic rings. The summed E-state index contributed by atoms with van der Waals surface area (Å²) in [5.41, 5.74) is 1.78. The van der Waals surface area contributed by atoms with Crippen LogP contribution in [0.25, 0.3) is 21.8 Å². The summed E-state index contributed by atoms with van der Waals surface area (Å²) in [7, 11) is 0. The predicted molar refractivity (Wildman–Crippen MR) is 103 cm³/mol. The molecule has 0 saturated heterocycles. The Balaban J connectivity index is 1.80. The summed E-state index contributed by atoms with van der Waals surface area (Å²) in [6.45, 7) is 1.94. The third-order valence-electron chi connectivity index (χ3n) is 4.37. The zero-order valence-corrected chi connectivity index (χ0v) is 14.3. The number of H-pyrrole nitrogens is 1. The summed E-state index contributed by atoms with van der Waals surface area (Å²) in [5, 5.41) is 13.2. The van der Waals surface area contributed by atoms with Gasteiger partial charge in [-0.15, -0.1) is 0 Å². The van der Waals surface area contributed by atoms with E-state index in [4.69, 9.17) is 0 Å². The molecule has 0 atom stereocenters. The van der Waals surface area contributed by atoms with E-state index in [-0.39, 0.29) is 5.39 Å². The Morgan fingerprint density at radius 2 is 1.89 bits per heavy atom. The molecule has 0 saturated carbocycles. The highest BCUT2D eigenvalue weighted by molar-refractivity contribution is 6.01. The summed E-state index contributed by atoms with van der Waals surface area (Å²) in [6.07, 6.45) is 1.06. The molecule has 0 aliphatic carbocycles. The van der Waals surface area contributed by atoms with Crippen LogP contribution in [0.4, 0.5) is 10.5 Å². The van der Waals surface area contributed by atoms with Gasteiger partial charge in [-0.25, -0.2) is 9.59 Å². The van der Waals surface area contributed by atoms with Crippen molar-refractivity contribution >= 4 is 39.5 Å². The number of carbonyl (C=O) groups excluding carboxylic acids is 1. The maximum absolute atomic E-state index is 12.8. The number of carboxylic acids is 1. The van der Waals surface area contributed by atoms with Crippen molar-refractivity contribution in [3.8, 4) is 0 Å². The molecular formula is C20H15N3O4. The number of para-hydroxylation sites is 1. The number of aromatic amines is 1. The second-order valence-corrected chi connectivity index (χ2v) is 6.25. The fraction of sp³-hybridized carbons (Fsp3) is 0.0500. The first kappa shape index (κ1) is 16.6. The lowest BCUT2D eigenvalue weighted by Crippen LogP contribution is -2.25. The molecule has 0 radical (unpaired) electrons. The van der Waals surface area contributed by atoms with E-state index in [9.17, 15) is 19.5 Å². The second-order valence-electron chi connectivity index (χ2n) is 6.25. The highest BCUT2D eigenvalue weighted by atomic mass is 16.4. The molecule has 0 aliphatic heterocycles. The van der Waals surface area contributed by atoms with E-state index in [2.05, 4.69) is 10.3 Å². The maximum atomic E-state index is 12.8. The van der Waals surface area contributed by atoms with Gasteiger partial charge in [-0.3, -0.25) is 9.36 Å². The van der Waals surface area contributed by atoms with Crippen LogP contribution in [-0.2, 0) is 0 Å². The molecule has 0 unspecified atom stereocenters. The number of carboxylic acid groups (broad SMARTS) is 1. The number of aromatic nitrogens is 2. The quantitative estimate of drug-likeness (QED) is 0.508. The van der Waals surface area contributed by atoms with E-state index in [0.717, 1.165) is 27.4 Å². The number of aryl methyl sites for hydroxylation is 1. The van der Waals surface area contributed by atoms with E-state index in [0.29, 0.717) is 11.2 Å². The van der Waals surface area contributed by atoms with E-state index in [1.165, 1.54) is 6.07 Å². The number of aromatic carboxylic acids is 1. The average Bonchev–Trinajstić information content (AvgIpc) is 3.01. The van der Waals surface area contributed by atoms with Crippen molar-refractivity contribution in [1.29, 1.82) is 0 Å². The number of rotatable bonds is 2. The Labute approximate surface area is 152 Å². The fourth-order valence-electron chi connectivity index (χ4n) is 3.14. The summed E-state index contributed by atoms with van der Waals surface area (Å²) in [5.74, 6) is -1.38. The highest BCUT2D eigenvalue weighted by Gasteiger charge is 2.17. The minimum atomic E-state index is -1.38. The van der Waals surface area contributed by atoms with Crippen LogP contribution < -0.4 is 10.7 Å². The molecule has 2 heterocycles. The molecule has 7 nitrogen and oxygen atoms in total. The molecular weight excluding hydrogens is 346 g/mol. The third kappa shape index (κ3) is 2.85. The van der Waals surface area contributed by atoms with Crippen molar-refractivity contribution in [2.24, 2.45) is 0 Å². The fourth-order valence-corrected chi connectivity index (χ4v) is 3.14. The van der Waals surface area contributed by atoms with Crippen molar-refractivity contribution in [2.45, 2.75) is 6.92 Å². The number of fused-ring (bicyclic) bond motifs is 2. The Bertz CT molecular complexity index is 1280. The molecule has 0 aliphatic rings. The Kier molecular flexibility index (Phi) is 3.77. The van der Waals surface area contributed by atoms with Gasteiger partial charge in [0.1, 0.15) is 5.56 Å². The number of carbonyl (C=O) groups is 2. The van der Waals surface area contributed by atoms with Crippen molar-refractivity contribution in [1.82, 2.24) is 9.55 Å². The molecule has 27 heavy (non-hydrogen) atoms. The minimum absolute atomic E-state index is 0.171. The van der Waals surface area contributed by atoms with Crippen molar-refractivity contribution < 1.29 is 14.7 Å². The SMILES string of the molecule is Cc1cc2cc(NC(=O)n3cc(C(=O)O)c(=O)c4ccccc43)ccc2[nH]1. The molecule has 0 spiro atoms. The summed E-state index contributed by atoms with van der Waals surface area (Å²) in [6, 6.07) is 13.2. The summed E-state index contributed by atoms with van der Waals surface area (Å²) >= 11 is 0. The van der Waals surface area contributed by atoms with Crippen molar-refractivity contribution in [3.63, 3.8) is 0 Å². The lowest BCUT2D eigenvalue weighted by molar-refractivity contribution is 0.0695. The van der Waals surface area contributed by atoms with Gasteiger partial charge in [-0.05, 0) is 43.3 Å². The molecule has 4 rings (SSSR count). The molecule has 134 valence electrons. The second kappa shape index (κ2) is 6.14. The van der Waals surface area contributed by atoms with Gasteiger partial charge in [0.2, 0.25) is 5.43 Å². The Hall–Kier alpha value is -3.87. The van der Waals surface area contributed by atoms with Crippen molar-refractivity contribution in [3.05, 3.63) is 76.2 Å². The van der Waals surface area contributed by atoms with Crippen LogP contribution in [0.5, 0.6) is 0 Å². The number of amides is 1. The number of nitrogens with one attached hydrogen (secondary N) is 2. The number of benzene rings is 2. The Morgan fingerprint density at radius 3 is 2.67 bits per heavy atom. The molecule has 0 bridgehead atoms. The van der Waals surface area contributed by atoms with E-state index in [1.807, 2.05) is 25.1 Å². The minimum Gasteiger partial charge on any atom is -0.477 e. The molecule has 7 heteroatoms. The normalized spacial score (nSPS) is 11.0. The Morgan fingerprint density at radius 1 is 1.11 bits per heavy atom. The average molecular weight is 361 g/mol. The number of anilines is 1. The summed E-state index contributed by atoms with van der Waals surface area (Å²) in [4.78, 5) is 39.7. The first-order chi connectivity index (χ1) is 12.9. The van der Waals surface area contributed by atoms with Crippen LogP contribution in [-0.4, -0.2) is 26.7 Å². The lowest BCUT2D eigenvalue weighted by Gasteiger charge is -2.12. The van der Waals surface area contributed by atoms with Crippen LogP contribution in [0.3, 0.4) is 0 Å². The predicted octanol–water partition coefficient (Wildman–Crippen LogP) is 3.57. The van der Waals surface area contributed by atoms with Gasteiger partial charge in [-0.2, -0.15) is 0 Å². The van der Waals surface area contributed by atoms with Gasteiger partial charge in [0.15, 0.2) is 0 Å². The molecule has 1 amide bonds. The number of hydrogen-bond donors (Lipinski definition) is 3. The largest absolute Gasteiger partial charge is 0.477 e. The van der Waals surface area contributed by atoms with Gasteiger partial charge in [-0.1, -0.05) is 12.1 Å². The van der Waals surface area contributed by atoms with Crippen LogP contribution in [0.15, 0.2) is 59.5 Å². The van der Waals surface area contributed by atoms with E-state index in [1.54, 1.807) is 24.3 Å².